The Hall–Kier alpha value is -2.46. The van der Waals surface area contributed by atoms with E-state index >= 15 is 0 Å². The van der Waals surface area contributed by atoms with Crippen LogP contribution in [0.2, 0.25) is 0 Å². The molecular weight excluding hydrogens is 332 g/mol. The van der Waals surface area contributed by atoms with E-state index in [1.54, 1.807) is 0 Å². The topological polar surface area (TPSA) is 44.8 Å². The van der Waals surface area contributed by atoms with E-state index in [2.05, 4.69) is 82.5 Å². The van der Waals surface area contributed by atoms with Gasteiger partial charge in [-0.1, -0.05) is 42.5 Å². The molecule has 1 fully saturated rings. The van der Waals surface area contributed by atoms with Gasteiger partial charge in [-0.05, 0) is 74.9 Å². The first-order valence-corrected chi connectivity index (χ1v) is 9.93. The van der Waals surface area contributed by atoms with E-state index in [0.29, 0.717) is 0 Å². The first kappa shape index (κ1) is 17.9. The molecule has 0 bridgehead atoms. The van der Waals surface area contributed by atoms with Crippen molar-refractivity contribution in [3.63, 3.8) is 0 Å². The van der Waals surface area contributed by atoms with E-state index in [1.165, 1.54) is 36.0 Å². The highest BCUT2D eigenvalue weighted by Gasteiger charge is 2.20. The molecule has 2 heterocycles. The lowest BCUT2D eigenvalue weighted by atomic mass is 9.90. The van der Waals surface area contributed by atoms with Crippen molar-refractivity contribution in [2.24, 2.45) is 5.92 Å². The average molecular weight is 361 g/mol. The van der Waals surface area contributed by atoms with Gasteiger partial charge < -0.3 is 4.98 Å². The molecule has 4 heteroatoms. The number of likely N-dealkylation sites (tertiary alicyclic amines) is 1. The first-order valence-electron chi connectivity index (χ1n) is 9.93. The molecular formula is C23H28N4. The maximum Gasteiger partial charge on any atom is 0.161 e. The Morgan fingerprint density at radius 2 is 1.74 bits per heavy atom. The molecule has 0 unspecified atom stereocenters. The van der Waals surface area contributed by atoms with E-state index in [0.717, 1.165) is 42.8 Å². The van der Waals surface area contributed by atoms with Gasteiger partial charge in [-0.3, -0.25) is 4.90 Å². The Morgan fingerprint density at radius 1 is 0.963 bits per heavy atom. The quantitative estimate of drug-likeness (QED) is 0.726. The van der Waals surface area contributed by atoms with Crippen LogP contribution in [0.3, 0.4) is 0 Å². The molecule has 2 aromatic carbocycles. The zero-order valence-corrected chi connectivity index (χ0v) is 16.3. The summed E-state index contributed by atoms with van der Waals surface area (Å²) in [5.41, 5.74) is 5.16. The Bertz CT molecular complexity index is 876. The molecule has 0 radical (unpaired) electrons. The predicted octanol–water partition coefficient (Wildman–Crippen LogP) is 4.54. The third-order valence-corrected chi connectivity index (χ3v) is 5.76. The fourth-order valence-electron chi connectivity index (χ4n) is 3.89. The summed E-state index contributed by atoms with van der Waals surface area (Å²) in [5, 5.41) is 8.74. The number of aromatic amines is 1. The lowest BCUT2D eigenvalue weighted by Gasteiger charge is -2.31. The summed E-state index contributed by atoms with van der Waals surface area (Å²) in [7, 11) is 0. The van der Waals surface area contributed by atoms with Crippen LogP contribution < -0.4 is 0 Å². The Labute approximate surface area is 161 Å². The monoisotopic (exact) mass is 360 g/mol. The maximum atomic E-state index is 4.38. The average Bonchev–Trinajstić information content (AvgIpc) is 3.15. The molecule has 3 aromatic rings. The second kappa shape index (κ2) is 8.05. The molecule has 1 saturated heterocycles. The van der Waals surface area contributed by atoms with Crippen molar-refractivity contribution in [3.8, 4) is 11.4 Å². The van der Waals surface area contributed by atoms with Crippen LogP contribution in [-0.2, 0) is 13.0 Å². The smallest absolute Gasteiger partial charge is 0.161 e. The number of benzene rings is 2. The number of aromatic nitrogens is 3. The number of nitrogens with zero attached hydrogens (tertiary/aromatic N) is 3. The van der Waals surface area contributed by atoms with E-state index in [9.17, 15) is 0 Å². The van der Waals surface area contributed by atoms with Gasteiger partial charge >= 0.3 is 0 Å². The van der Waals surface area contributed by atoms with Crippen LogP contribution in [0.15, 0.2) is 48.5 Å². The summed E-state index contributed by atoms with van der Waals surface area (Å²) in [4.78, 5) is 5.90. The minimum atomic E-state index is 0.796. The van der Waals surface area contributed by atoms with Gasteiger partial charge in [0, 0.05) is 5.56 Å². The number of piperidine rings is 1. The highest BCUT2D eigenvalue weighted by atomic mass is 15.2. The van der Waals surface area contributed by atoms with Crippen molar-refractivity contribution in [2.75, 3.05) is 13.1 Å². The van der Waals surface area contributed by atoms with E-state index < -0.39 is 0 Å². The normalized spacial score (nSPS) is 15.9. The number of hydrogen-bond acceptors (Lipinski definition) is 3. The van der Waals surface area contributed by atoms with Gasteiger partial charge in [0.1, 0.15) is 5.82 Å². The predicted molar refractivity (Wildman–Crippen MR) is 109 cm³/mol. The van der Waals surface area contributed by atoms with Crippen molar-refractivity contribution in [3.05, 3.63) is 71.0 Å². The third kappa shape index (κ3) is 4.45. The van der Waals surface area contributed by atoms with Crippen LogP contribution in [0.25, 0.3) is 11.4 Å². The Morgan fingerprint density at radius 3 is 2.48 bits per heavy atom. The summed E-state index contributed by atoms with van der Waals surface area (Å²) in [6.07, 6.45) is 3.72. The van der Waals surface area contributed by atoms with Gasteiger partial charge in [0.2, 0.25) is 0 Å². The molecule has 4 rings (SSSR count). The summed E-state index contributed by atoms with van der Waals surface area (Å²) < 4.78 is 0. The number of H-pyrrole nitrogens is 1. The molecule has 0 amide bonds. The summed E-state index contributed by atoms with van der Waals surface area (Å²) >= 11 is 0. The molecule has 1 aromatic heterocycles. The molecule has 1 N–H and O–H groups in total. The molecule has 1 aliphatic heterocycles. The van der Waals surface area contributed by atoms with E-state index in [4.69, 9.17) is 0 Å². The van der Waals surface area contributed by atoms with Gasteiger partial charge in [0.25, 0.3) is 0 Å². The lowest BCUT2D eigenvalue weighted by molar-refractivity contribution is 0.173. The summed E-state index contributed by atoms with van der Waals surface area (Å²) in [6, 6.07) is 17.3. The van der Waals surface area contributed by atoms with Crippen molar-refractivity contribution in [1.29, 1.82) is 0 Å². The first-order chi connectivity index (χ1) is 13.2. The SMILES string of the molecule is Cc1ccc(-c2nnc(CN3CCC(Cc4ccccc4)CC3)[nH]2)cc1C. The molecule has 0 saturated carbocycles. The molecule has 140 valence electrons. The summed E-state index contributed by atoms with van der Waals surface area (Å²) in [5.74, 6) is 2.63. The number of hydrogen-bond donors (Lipinski definition) is 1. The molecule has 0 spiro atoms. The third-order valence-electron chi connectivity index (χ3n) is 5.76. The minimum absolute atomic E-state index is 0.796. The standard InChI is InChI=1S/C23H28N4/c1-17-8-9-21(14-18(17)2)23-24-22(25-26-23)16-27-12-10-20(11-13-27)15-19-6-4-3-5-7-19/h3-9,14,20H,10-13,15-16H2,1-2H3,(H,24,25,26). The maximum absolute atomic E-state index is 4.38. The molecule has 27 heavy (non-hydrogen) atoms. The Balaban J connectivity index is 1.32. The number of aryl methyl sites for hydroxylation is 2. The minimum Gasteiger partial charge on any atom is -0.324 e. The van der Waals surface area contributed by atoms with Crippen molar-refractivity contribution >= 4 is 0 Å². The zero-order valence-electron chi connectivity index (χ0n) is 16.3. The van der Waals surface area contributed by atoms with Gasteiger partial charge in [-0.25, -0.2) is 0 Å². The van der Waals surface area contributed by atoms with Gasteiger partial charge in [-0.15, -0.1) is 10.2 Å². The van der Waals surface area contributed by atoms with Crippen LogP contribution >= 0.6 is 0 Å². The van der Waals surface area contributed by atoms with Crippen LogP contribution in [0, 0.1) is 19.8 Å². The molecule has 4 nitrogen and oxygen atoms in total. The largest absolute Gasteiger partial charge is 0.324 e. The van der Waals surface area contributed by atoms with Crippen LogP contribution in [-0.4, -0.2) is 33.2 Å². The number of nitrogens with one attached hydrogen (secondary N) is 1. The Kier molecular flexibility index (Phi) is 5.35. The van der Waals surface area contributed by atoms with Crippen LogP contribution in [0.1, 0.15) is 35.4 Å². The second-order valence-electron chi connectivity index (χ2n) is 7.83. The zero-order chi connectivity index (χ0) is 18.6. The van der Waals surface area contributed by atoms with Crippen molar-refractivity contribution in [2.45, 2.75) is 39.7 Å². The molecule has 0 atom stereocenters. The van der Waals surface area contributed by atoms with Crippen LogP contribution in [0.4, 0.5) is 0 Å². The van der Waals surface area contributed by atoms with E-state index in [1.807, 2.05) is 0 Å². The van der Waals surface area contributed by atoms with Crippen LogP contribution in [0.5, 0.6) is 0 Å². The lowest BCUT2D eigenvalue weighted by Crippen LogP contribution is -2.34. The van der Waals surface area contributed by atoms with Crippen molar-refractivity contribution < 1.29 is 0 Å². The fourth-order valence-corrected chi connectivity index (χ4v) is 3.89. The second-order valence-corrected chi connectivity index (χ2v) is 7.83. The van der Waals surface area contributed by atoms with Crippen molar-refractivity contribution in [1.82, 2.24) is 20.1 Å². The highest BCUT2D eigenvalue weighted by molar-refractivity contribution is 5.56. The van der Waals surface area contributed by atoms with E-state index in [-0.39, 0.29) is 0 Å². The molecule has 1 aliphatic rings. The van der Waals surface area contributed by atoms with Gasteiger partial charge in [-0.2, -0.15) is 0 Å². The fraction of sp³-hybridized carbons (Fsp3) is 0.391. The van der Waals surface area contributed by atoms with Gasteiger partial charge in [0.15, 0.2) is 5.82 Å². The molecule has 0 aliphatic carbocycles. The highest BCUT2D eigenvalue weighted by Crippen LogP contribution is 2.23. The summed E-state index contributed by atoms with van der Waals surface area (Å²) in [6.45, 7) is 7.40. The number of rotatable bonds is 5. The van der Waals surface area contributed by atoms with Gasteiger partial charge in [0.05, 0.1) is 6.54 Å².